The molecule has 3 aromatic rings. The quantitative estimate of drug-likeness (QED) is 0.254. The van der Waals surface area contributed by atoms with Crippen LogP contribution in [0.4, 0.5) is 0 Å². The Bertz CT molecular complexity index is 1290. The molecule has 0 aliphatic carbocycles. The summed E-state index contributed by atoms with van der Waals surface area (Å²) in [5, 5.41) is 10.3. The van der Waals surface area contributed by atoms with Crippen LogP contribution in [0.1, 0.15) is 79.0 Å². The molecule has 0 radical (unpaired) electrons. The first-order chi connectivity index (χ1) is 17.7. The lowest BCUT2D eigenvalue weighted by molar-refractivity contribution is 0.0725. The van der Waals surface area contributed by atoms with Gasteiger partial charge in [0.2, 0.25) is 0 Å². The Kier molecular flexibility index (Phi) is 9.18. The van der Waals surface area contributed by atoms with Crippen molar-refractivity contribution in [1.82, 2.24) is 0 Å². The van der Waals surface area contributed by atoms with E-state index in [1.807, 2.05) is 42.5 Å². The smallest absolute Gasteiger partial charge is 0.368 e. The lowest BCUT2D eigenvalue weighted by Crippen LogP contribution is -2.17. The summed E-state index contributed by atoms with van der Waals surface area (Å²) in [7, 11) is -3.41. The maximum absolute atomic E-state index is 13.4. The SMILES string of the molecule is CCc1cc(OC[P@@]2(=O)OCC[C@@H](c3cccc(Br)c3)O2)cc(C)c1Cc1ccc(O)c(C(C)CC)c1. The number of aryl methyl sites for hydroxylation is 2. The van der Waals surface area contributed by atoms with E-state index in [4.69, 9.17) is 13.8 Å². The van der Waals surface area contributed by atoms with Crippen LogP contribution in [0, 0.1) is 6.92 Å². The number of ether oxygens (including phenoxy) is 1. The Morgan fingerprint density at radius 2 is 1.97 bits per heavy atom. The summed E-state index contributed by atoms with van der Waals surface area (Å²) in [5.41, 5.74) is 6.69. The molecule has 7 heteroatoms. The van der Waals surface area contributed by atoms with Gasteiger partial charge in [-0.1, -0.05) is 61.0 Å². The molecule has 0 bridgehead atoms. The van der Waals surface area contributed by atoms with Crippen molar-refractivity contribution in [3.05, 3.63) is 92.5 Å². The first-order valence-corrected chi connectivity index (χ1v) is 15.5. The first-order valence-electron chi connectivity index (χ1n) is 13.0. The zero-order valence-corrected chi connectivity index (χ0v) is 24.5. The molecule has 0 saturated carbocycles. The van der Waals surface area contributed by atoms with Gasteiger partial charge < -0.3 is 14.4 Å². The largest absolute Gasteiger partial charge is 0.508 e. The van der Waals surface area contributed by atoms with Gasteiger partial charge >= 0.3 is 7.60 Å². The molecule has 0 spiro atoms. The van der Waals surface area contributed by atoms with Gasteiger partial charge in [-0.15, -0.1) is 0 Å². The predicted molar refractivity (Wildman–Crippen MR) is 152 cm³/mol. The van der Waals surface area contributed by atoms with E-state index in [9.17, 15) is 9.67 Å². The van der Waals surface area contributed by atoms with Gasteiger partial charge in [-0.25, -0.2) is 0 Å². The van der Waals surface area contributed by atoms with E-state index < -0.39 is 7.60 Å². The van der Waals surface area contributed by atoms with Crippen LogP contribution in [0.5, 0.6) is 11.5 Å². The standard InChI is InChI=1S/C30H36BrO5P/c1-5-20(3)28-16-22(10-11-29(28)32)15-27-21(4)14-26(18-23(27)6-2)34-19-37(33)35-13-12-30(36-37)24-8-7-9-25(31)17-24/h7-11,14,16-18,20,30,32H,5-6,12-13,15,19H2,1-4H3/t20?,30-,37+/m0/s1. The highest BCUT2D eigenvalue weighted by atomic mass is 79.9. The Hall–Kier alpha value is -2.11. The number of phenols is 1. The van der Waals surface area contributed by atoms with Crippen LogP contribution in [-0.4, -0.2) is 18.1 Å². The Morgan fingerprint density at radius 1 is 1.16 bits per heavy atom. The molecule has 37 heavy (non-hydrogen) atoms. The third-order valence-corrected chi connectivity index (χ3v) is 9.19. The average molecular weight is 587 g/mol. The molecule has 198 valence electrons. The molecular weight excluding hydrogens is 551 g/mol. The van der Waals surface area contributed by atoms with Gasteiger partial charge in [-0.2, -0.15) is 0 Å². The molecule has 1 aliphatic rings. The summed E-state index contributed by atoms with van der Waals surface area (Å²) >= 11 is 3.49. The average Bonchev–Trinajstić information content (AvgIpc) is 2.89. The van der Waals surface area contributed by atoms with Crippen molar-refractivity contribution in [2.45, 2.75) is 65.4 Å². The second-order valence-corrected chi connectivity index (χ2v) is 12.6. The van der Waals surface area contributed by atoms with E-state index in [1.54, 1.807) is 6.07 Å². The highest BCUT2D eigenvalue weighted by Gasteiger charge is 2.35. The van der Waals surface area contributed by atoms with Crippen LogP contribution in [0.25, 0.3) is 0 Å². The van der Waals surface area contributed by atoms with Gasteiger partial charge in [-0.3, -0.25) is 9.09 Å². The van der Waals surface area contributed by atoms with Crippen molar-refractivity contribution >= 4 is 23.5 Å². The fourth-order valence-electron chi connectivity index (χ4n) is 4.77. The van der Waals surface area contributed by atoms with Crippen LogP contribution in [0.2, 0.25) is 0 Å². The highest BCUT2D eigenvalue weighted by Crippen LogP contribution is 2.56. The minimum Gasteiger partial charge on any atom is -0.508 e. The number of hydrogen-bond acceptors (Lipinski definition) is 5. The second kappa shape index (κ2) is 12.2. The number of aromatic hydroxyl groups is 1. The molecule has 4 rings (SSSR count). The van der Waals surface area contributed by atoms with E-state index in [0.29, 0.717) is 30.4 Å². The number of phenolic OH excluding ortho intramolecular Hbond substituents is 1. The fourth-order valence-corrected chi connectivity index (χ4v) is 6.69. The molecule has 1 N–H and O–H groups in total. The lowest BCUT2D eigenvalue weighted by atomic mass is 9.90. The second-order valence-electron chi connectivity index (χ2n) is 9.77. The van der Waals surface area contributed by atoms with E-state index in [2.05, 4.69) is 49.7 Å². The van der Waals surface area contributed by atoms with Crippen molar-refractivity contribution in [3.63, 3.8) is 0 Å². The molecule has 1 unspecified atom stereocenters. The molecule has 3 atom stereocenters. The molecule has 1 heterocycles. The van der Waals surface area contributed by atoms with Crippen LogP contribution in [0.15, 0.2) is 59.1 Å². The number of benzene rings is 3. The zero-order chi connectivity index (χ0) is 26.6. The fraction of sp³-hybridized carbons (Fsp3) is 0.400. The Labute approximate surface area is 228 Å². The van der Waals surface area contributed by atoms with Crippen molar-refractivity contribution in [3.8, 4) is 11.5 Å². The summed E-state index contributed by atoms with van der Waals surface area (Å²) in [5.74, 6) is 1.33. The molecule has 0 amide bonds. The van der Waals surface area contributed by atoms with Crippen LogP contribution in [-0.2, 0) is 26.5 Å². The Morgan fingerprint density at radius 3 is 2.70 bits per heavy atom. The van der Waals surface area contributed by atoms with Crippen LogP contribution >= 0.6 is 23.5 Å². The van der Waals surface area contributed by atoms with E-state index >= 15 is 0 Å². The number of halogens is 1. The van der Waals surface area contributed by atoms with E-state index in [-0.39, 0.29) is 12.5 Å². The lowest BCUT2D eigenvalue weighted by Gasteiger charge is -2.30. The molecular formula is C30H36BrO5P. The summed E-state index contributed by atoms with van der Waals surface area (Å²) in [6.07, 6.45) is 2.82. The summed E-state index contributed by atoms with van der Waals surface area (Å²) in [4.78, 5) is 0. The molecule has 1 fully saturated rings. The van der Waals surface area contributed by atoms with Gasteiger partial charge in [-0.05, 0) is 95.8 Å². The first kappa shape index (κ1) is 27.9. The van der Waals surface area contributed by atoms with E-state index in [1.165, 1.54) is 16.7 Å². The minimum absolute atomic E-state index is 0.129. The Balaban J connectivity index is 1.48. The van der Waals surface area contributed by atoms with Crippen molar-refractivity contribution < 1.29 is 23.5 Å². The molecule has 3 aromatic carbocycles. The van der Waals surface area contributed by atoms with Gasteiger partial charge in [0, 0.05) is 10.9 Å². The normalized spacial score (nSPS) is 20.5. The van der Waals surface area contributed by atoms with E-state index in [0.717, 1.165) is 40.4 Å². The molecule has 1 saturated heterocycles. The summed E-state index contributed by atoms with van der Waals surface area (Å²) in [6.45, 7) is 8.84. The minimum atomic E-state index is -3.41. The van der Waals surface area contributed by atoms with Gasteiger partial charge in [0.25, 0.3) is 0 Å². The summed E-state index contributed by atoms with van der Waals surface area (Å²) < 4.78 is 31.9. The topological polar surface area (TPSA) is 65.0 Å². The highest BCUT2D eigenvalue weighted by molar-refractivity contribution is 9.10. The van der Waals surface area contributed by atoms with Crippen LogP contribution < -0.4 is 4.74 Å². The summed E-state index contributed by atoms with van der Waals surface area (Å²) in [6, 6.07) is 17.8. The van der Waals surface area contributed by atoms with Crippen LogP contribution in [0.3, 0.4) is 0 Å². The van der Waals surface area contributed by atoms with Gasteiger partial charge in [0.15, 0.2) is 6.35 Å². The molecule has 5 nitrogen and oxygen atoms in total. The predicted octanol–water partition coefficient (Wildman–Crippen LogP) is 8.84. The number of rotatable bonds is 9. The zero-order valence-electron chi connectivity index (χ0n) is 22.0. The monoisotopic (exact) mass is 586 g/mol. The van der Waals surface area contributed by atoms with Crippen molar-refractivity contribution in [1.29, 1.82) is 0 Å². The van der Waals surface area contributed by atoms with Gasteiger partial charge in [0.05, 0.1) is 12.7 Å². The van der Waals surface area contributed by atoms with Crippen molar-refractivity contribution in [2.75, 3.05) is 13.0 Å². The van der Waals surface area contributed by atoms with Crippen molar-refractivity contribution in [2.24, 2.45) is 0 Å². The third kappa shape index (κ3) is 6.86. The molecule has 0 aromatic heterocycles. The number of hydrogen-bond donors (Lipinski definition) is 1. The maximum Gasteiger partial charge on any atom is 0.368 e. The van der Waals surface area contributed by atoms with Gasteiger partial charge in [0.1, 0.15) is 11.5 Å². The maximum atomic E-state index is 13.4. The molecule has 1 aliphatic heterocycles. The third-order valence-electron chi connectivity index (χ3n) is 7.10.